The van der Waals surface area contributed by atoms with Crippen LogP contribution in [0, 0.1) is 0 Å². The van der Waals surface area contributed by atoms with E-state index in [1.54, 1.807) is 6.92 Å². The standard InChI is InChI=1S/C22H24N2O5/c1-13(11-20(25)24-14(2)21(26)27)23-22(28)29-12-19-17-9-5-3-7-15(17)16-8-4-6-10-18(16)19/h3-10,13-14,19H,11-12H2,1-2H3,(H,23,28)(H,24,25)(H,26,27)/t13-,14-/m0/s1. The molecule has 0 saturated carbocycles. The molecular formula is C22H24N2O5. The summed E-state index contributed by atoms with van der Waals surface area (Å²) in [7, 11) is 0. The van der Waals surface area contributed by atoms with Crippen LogP contribution in [-0.4, -0.2) is 41.8 Å². The van der Waals surface area contributed by atoms with Crippen LogP contribution in [0.4, 0.5) is 4.79 Å². The lowest BCUT2D eigenvalue weighted by molar-refractivity contribution is -0.141. The minimum atomic E-state index is -1.12. The summed E-state index contributed by atoms with van der Waals surface area (Å²) in [5.74, 6) is -1.61. The van der Waals surface area contributed by atoms with Crippen LogP contribution >= 0.6 is 0 Å². The number of nitrogens with one attached hydrogen (secondary N) is 2. The van der Waals surface area contributed by atoms with Crippen molar-refractivity contribution in [2.75, 3.05) is 6.61 Å². The predicted molar refractivity (Wildman–Crippen MR) is 108 cm³/mol. The van der Waals surface area contributed by atoms with Gasteiger partial charge in [-0.15, -0.1) is 0 Å². The zero-order chi connectivity index (χ0) is 21.0. The molecule has 0 radical (unpaired) electrons. The van der Waals surface area contributed by atoms with Crippen LogP contribution in [-0.2, 0) is 14.3 Å². The number of carboxylic acids is 1. The second kappa shape index (κ2) is 8.77. The minimum absolute atomic E-state index is 0.0387. The Morgan fingerprint density at radius 1 is 0.966 bits per heavy atom. The fourth-order valence-corrected chi connectivity index (χ4v) is 3.53. The average Bonchev–Trinajstić information content (AvgIpc) is 3.00. The molecular weight excluding hydrogens is 372 g/mol. The Balaban J connectivity index is 1.55. The summed E-state index contributed by atoms with van der Waals surface area (Å²) in [6, 6.07) is 14.6. The summed E-state index contributed by atoms with van der Waals surface area (Å²) in [6.45, 7) is 3.23. The van der Waals surface area contributed by atoms with E-state index >= 15 is 0 Å². The Morgan fingerprint density at radius 3 is 2.07 bits per heavy atom. The van der Waals surface area contributed by atoms with E-state index in [1.807, 2.05) is 36.4 Å². The molecule has 2 amide bonds. The van der Waals surface area contributed by atoms with Gasteiger partial charge in [0, 0.05) is 18.4 Å². The van der Waals surface area contributed by atoms with Gasteiger partial charge in [-0.25, -0.2) is 4.79 Å². The van der Waals surface area contributed by atoms with Crippen molar-refractivity contribution in [1.82, 2.24) is 10.6 Å². The van der Waals surface area contributed by atoms with Gasteiger partial charge in [0.15, 0.2) is 0 Å². The van der Waals surface area contributed by atoms with Gasteiger partial charge in [-0.2, -0.15) is 0 Å². The fourth-order valence-electron chi connectivity index (χ4n) is 3.53. The van der Waals surface area contributed by atoms with E-state index < -0.39 is 30.1 Å². The lowest BCUT2D eigenvalue weighted by Gasteiger charge is -2.17. The highest BCUT2D eigenvalue weighted by atomic mass is 16.5. The molecule has 1 aliphatic rings. The molecule has 0 aliphatic heterocycles. The number of aliphatic carboxylic acids is 1. The molecule has 0 spiro atoms. The van der Waals surface area contributed by atoms with Crippen molar-refractivity contribution in [2.45, 2.75) is 38.3 Å². The van der Waals surface area contributed by atoms with E-state index in [4.69, 9.17) is 9.84 Å². The van der Waals surface area contributed by atoms with Gasteiger partial charge >= 0.3 is 12.1 Å². The second-order valence-corrected chi connectivity index (χ2v) is 7.20. The summed E-state index contributed by atoms with van der Waals surface area (Å²) in [4.78, 5) is 34.8. The summed E-state index contributed by atoms with van der Waals surface area (Å²) in [5.41, 5.74) is 4.54. The summed E-state index contributed by atoms with van der Waals surface area (Å²) in [6.07, 6.45) is -0.652. The molecule has 0 fully saturated rings. The zero-order valence-electron chi connectivity index (χ0n) is 16.3. The van der Waals surface area contributed by atoms with Gasteiger partial charge < -0.3 is 20.5 Å². The molecule has 0 aromatic heterocycles. The van der Waals surface area contributed by atoms with Crippen LogP contribution in [0.25, 0.3) is 11.1 Å². The molecule has 3 rings (SSSR count). The monoisotopic (exact) mass is 396 g/mol. The molecule has 29 heavy (non-hydrogen) atoms. The molecule has 2 aromatic carbocycles. The third-order valence-electron chi connectivity index (χ3n) is 4.95. The number of ether oxygens (including phenoxy) is 1. The van der Waals surface area contributed by atoms with E-state index in [0.29, 0.717) is 0 Å². The van der Waals surface area contributed by atoms with Crippen molar-refractivity contribution in [3.63, 3.8) is 0 Å². The van der Waals surface area contributed by atoms with Crippen molar-refractivity contribution >= 4 is 18.0 Å². The van der Waals surface area contributed by atoms with Gasteiger partial charge in [0.05, 0.1) is 0 Å². The molecule has 2 aromatic rings. The van der Waals surface area contributed by atoms with Crippen molar-refractivity contribution in [3.8, 4) is 11.1 Å². The van der Waals surface area contributed by atoms with Gasteiger partial charge in [-0.3, -0.25) is 9.59 Å². The summed E-state index contributed by atoms with van der Waals surface area (Å²) in [5, 5.41) is 13.8. The SMILES string of the molecule is C[C@H](NC(=O)C[C@H](C)NC(=O)OCC1c2ccccc2-c2ccccc21)C(=O)O. The number of fused-ring (bicyclic) bond motifs is 3. The second-order valence-electron chi connectivity index (χ2n) is 7.20. The largest absolute Gasteiger partial charge is 0.480 e. The molecule has 0 unspecified atom stereocenters. The number of hydrogen-bond donors (Lipinski definition) is 3. The summed E-state index contributed by atoms with van der Waals surface area (Å²) >= 11 is 0. The van der Waals surface area contributed by atoms with Crippen molar-refractivity contribution in [2.24, 2.45) is 0 Å². The van der Waals surface area contributed by atoms with Crippen molar-refractivity contribution < 1.29 is 24.2 Å². The normalized spacial score (nSPS) is 14.3. The first-order valence-electron chi connectivity index (χ1n) is 9.50. The molecule has 0 saturated heterocycles. The molecule has 0 bridgehead atoms. The number of alkyl carbamates (subject to hydrolysis) is 1. The number of rotatable bonds is 7. The van der Waals surface area contributed by atoms with E-state index in [9.17, 15) is 14.4 Å². The van der Waals surface area contributed by atoms with Crippen LogP contribution in [0.2, 0.25) is 0 Å². The highest BCUT2D eigenvalue weighted by Crippen LogP contribution is 2.44. The number of hydrogen-bond acceptors (Lipinski definition) is 4. The topological polar surface area (TPSA) is 105 Å². The number of amides is 2. The van der Waals surface area contributed by atoms with E-state index in [0.717, 1.165) is 22.3 Å². The van der Waals surface area contributed by atoms with Gasteiger partial charge in [0.2, 0.25) is 5.91 Å². The first-order chi connectivity index (χ1) is 13.9. The number of carboxylic acid groups (broad SMARTS) is 1. The zero-order valence-corrected chi connectivity index (χ0v) is 16.3. The van der Waals surface area contributed by atoms with Gasteiger partial charge in [0.1, 0.15) is 12.6 Å². The lowest BCUT2D eigenvalue weighted by atomic mass is 9.98. The number of carbonyl (C=O) groups is 3. The predicted octanol–water partition coefficient (Wildman–Crippen LogP) is 2.89. The van der Waals surface area contributed by atoms with Crippen molar-refractivity contribution in [3.05, 3.63) is 59.7 Å². The molecule has 2 atom stereocenters. The van der Waals surface area contributed by atoms with E-state index in [1.165, 1.54) is 6.92 Å². The Morgan fingerprint density at radius 2 is 1.52 bits per heavy atom. The first-order valence-corrected chi connectivity index (χ1v) is 9.50. The summed E-state index contributed by atoms with van der Waals surface area (Å²) < 4.78 is 5.44. The highest BCUT2D eigenvalue weighted by Gasteiger charge is 2.29. The highest BCUT2D eigenvalue weighted by molar-refractivity contribution is 5.84. The fraction of sp³-hybridized carbons (Fsp3) is 0.318. The van der Waals surface area contributed by atoms with Crippen molar-refractivity contribution in [1.29, 1.82) is 0 Å². The molecule has 1 aliphatic carbocycles. The maximum atomic E-state index is 12.2. The molecule has 152 valence electrons. The molecule has 3 N–H and O–H groups in total. The van der Waals surface area contributed by atoms with Gasteiger partial charge in [0.25, 0.3) is 0 Å². The third-order valence-corrected chi connectivity index (χ3v) is 4.95. The van der Waals surface area contributed by atoms with Crippen LogP contribution in [0.1, 0.15) is 37.3 Å². The van der Waals surface area contributed by atoms with Crippen LogP contribution in [0.5, 0.6) is 0 Å². The number of carbonyl (C=O) groups excluding carboxylic acids is 2. The van der Waals surface area contributed by atoms with E-state index in [-0.39, 0.29) is 18.9 Å². The maximum absolute atomic E-state index is 12.2. The van der Waals surface area contributed by atoms with Gasteiger partial charge in [-0.05, 0) is 36.1 Å². The lowest BCUT2D eigenvalue weighted by Crippen LogP contribution is -2.42. The minimum Gasteiger partial charge on any atom is -0.480 e. The first kappa shape index (κ1) is 20.4. The Bertz CT molecular complexity index is 881. The molecule has 7 heteroatoms. The third kappa shape index (κ3) is 4.74. The molecule has 0 heterocycles. The van der Waals surface area contributed by atoms with E-state index in [2.05, 4.69) is 22.8 Å². The van der Waals surface area contributed by atoms with Crippen LogP contribution in [0.15, 0.2) is 48.5 Å². The Kier molecular flexibility index (Phi) is 6.16. The van der Waals surface area contributed by atoms with Crippen LogP contribution < -0.4 is 10.6 Å². The maximum Gasteiger partial charge on any atom is 0.407 e. The smallest absolute Gasteiger partial charge is 0.407 e. The van der Waals surface area contributed by atoms with Crippen LogP contribution in [0.3, 0.4) is 0 Å². The Labute approximate surface area is 169 Å². The number of benzene rings is 2. The van der Waals surface area contributed by atoms with Gasteiger partial charge in [-0.1, -0.05) is 48.5 Å². The molecule has 7 nitrogen and oxygen atoms in total. The average molecular weight is 396 g/mol. The quantitative estimate of drug-likeness (QED) is 0.667. The Hall–Kier alpha value is -3.35.